The van der Waals surface area contributed by atoms with E-state index in [1.54, 1.807) is 14.2 Å². The molecule has 0 saturated heterocycles. The molecule has 0 aromatic carbocycles. The number of methoxy groups -OCH3 is 2. The number of unbranched alkanes of at least 4 members (excludes halogenated alkanes) is 2. The fourth-order valence-electron chi connectivity index (χ4n) is 1.81. The Balaban J connectivity index is -0.000000177. The van der Waals surface area contributed by atoms with Crippen molar-refractivity contribution in [1.29, 1.82) is 0 Å². The van der Waals surface area contributed by atoms with E-state index < -0.39 is 0 Å². The first-order chi connectivity index (χ1) is 13.4. The number of rotatable bonds is 15. The average molecular weight is 421 g/mol. The molecule has 2 N–H and O–H groups in total. The monoisotopic (exact) mass is 420 g/mol. The number of hydrogen-bond acceptors (Lipinski definition) is 7. The van der Waals surface area contributed by atoms with E-state index in [0.29, 0.717) is 25.6 Å². The third-order valence-electron chi connectivity index (χ3n) is 3.38. The Morgan fingerprint density at radius 3 is 2.07 bits per heavy atom. The van der Waals surface area contributed by atoms with Gasteiger partial charge in [0.25, 0.3) is 0 Å². The maximum Gasteiger partial charge on any atom is 0.235 e. The van der Waals surface area contributed by atoms with Crippen LogP contribution in [0.2, 0.25) is 0 Å². The number of carbonyl (C=O) groups excluding carboxylic acids is 1. The molecule has 0 saturated carbocycles. The molecule has 0 heterocycles. The first-order valence-electron chi connectivity index (χ1n) is 10.2. The van der Waals surface area contributed by atoms with Crippen molar-refractivity contribution in [3.8, 4) is 0 Å². The molecule has 0 radical (unpaired) electrons. The molecule has 0 spiro atoms. The zero-order valence-corrected chi connectivity index (χ0v) is 19.0. The van der Waals surface area contributed by atoms with Crippen LogP contribution < -0.4 is 5.32 Å². The van der Waals surface area contributed by atoms with Crippen LogP contribution in [0.3, 0.4) is 0 Å². The second kappa shape index (κ2) is 31.3. The Morgan fingerprint density at radius 1 is 1.10 bits per heavy atom. The number of nitrogens with zero attached hydrogens (tertiary/aromatic N) is 1. The van der Waals surface area contributed by atoms with Crippen LogP contribution in [0.4, 0.5) is 0 Å². The lowest BCUT2D eigenvalue weighted by Gasteiger charge is -2.17. The third kappa shape index (κ3) is 41.9. The highest BCUT2D eigenvalue weighted by Crippen LogP contribution is 2.06. The van der Waals surface area contributed by atoms with Crippen LogP contribution in [-0.2, 0) is 19.0 Å². The average Bonchev–Trinajstić information content (AvgIpc) is 2.66. The molecule has 0 rings (SSSR count). The van der Waals surface area contributed by atoms with Crippen LogP contribution in [0.25, 0.3) is 0 Å². The molecule has 0 aromatic rings. The second-order valence-corrected chi connectivity index (χ2v) is 6.37. The lowest BCUT2D eigenvalue weighted by Crippen LogP contribution is -2.22. The Hall–Kier alpha value is -1.40. The molecule has 7 nitrogen and oxygen atoms in total. The molecule has 2 atom stereocenters. The molecule has 0 aliphatic heterocycles. The lowest BCUT2D eigenvalue weighted by atomic mass is 10.2. The summed E-state index contributed by atoms with van der Waals surface area (Å²) in [5.41, 5.74) is 0. The molecule has 29 heavy (non-hydrogen) atoms. The van der Waals surface area contributed by atoms with Crippen LogP contribution >= 0.6 is 0 Å². The largest absolute Gasteiger partial charge is 0.477 e. The van der Waals surface area contributed by atoms with Gasteiger partial charge in [-0.3, -0.25) is 0 Å². The van der Waals surface area contributed by atoms with E-state index in [0.717, 1.165) is 25.8 Å². The summed E-state index contributed by atoms with van der Waals surface area (Å²) in [5.74, 6) is 0.644. The summed E-state index contributed by atoms with van der Waals surface area (Å²) < 4.78 is 15.0. The quantitative estimate of drug-likeness (QED) is 0.176. The molecule has 176 valence electrons. The molecule has 2 unspecified atom stereocenters. The number of aliphatic imine (C=N–C) groups is 1. The Labute approximate surface area is 179 Å². The van der Waals surface area contributed by atoms with E-state index in [1.807, 2.05) is 6.92 Å². The van der Waals surface area contributed by atoms with Crippen LogP contribution in [-0.4, -0.2) is 63.9 Å². The van der Waals surface area contributed by atoms with E-state index in [4.69, 9.17) is 14.6 Å². The van der Waals surface area contributed by atoms with Gasteiger partial charge in [-0.05, 0) is 33.3 Å². The predicted molar refractivity (Wildman–Crippen MR) is 122 cm³/mol. The molecule has 0 fully saturated rings. The highest BCUT2D eigenvalue weighted by molar-refractivity contribution is 5.32. The number of ether oxygens (including phenoxy) is 3. The van der Waals surface area contributed by atoms with Gasteiger partial charge in [-0.25, -0.2) is 9.79 Å². The van der Waals surface area contributed by atoms with Crippen LogP contribution in [0, 0.1) is 0 Å². The Bertz CT molecular complexity index is 359. The fourth-order valence-corrected chi connectivity index (χ4v) is 1.81. The van der Waals surface area contributed by atoms with Crippen molar-refractivity contribution in [2.24, 2.45) is 4.99 Å². The number of isocyanates is 1. The zero-order valence-electron chi connectivity index (χ0n) is 19.0. The number of nitrogens with one attached hydrogen (secondary N) is 1. The molecular formula is C22H48N2O5. The summed E-state index contributed by atoms with van der Waals surface area (Å²) in [4.78, 5) is 12.6. The van der Waals surface area contributed by atoms with Gasteiger partial charge in [-0.2, -0.15) is 0 Å². The van der Waals surface area contributed by atoms with E-state index in [9.17, 15) is 4.79 Å². The maximum atomic E-state index is 9.33. The smallest absolute Gasteiger partial charge is 0.235 e. The molecular weight excluding hydrogens is 372 g/mol. The Kier molecular flexibility index (Phi) is 37.8. The Morgan fingerprint density at radius 2 is 1.66 bits per heavy atom. The van der Waals surface area contributed by atoms with Crippen LogP contribution in [0.15, 0.2) is 17.5 Å². The summed E-state index contributed by atoms with van der Waals surface area (Å²) in [5, 5.41) is 11.7. The zero-order chi connectivity index (χ0) is 22.0. The topological polar surface area (TPSA) is 89.4 Å². The highest BCUT2D eigenvalue weighted by Gasteiger charge is 2.03. The minimum atomic E-state index is -0.0973. The summed E-state index contributed by atoms with van der Waals surface area (Å²) in [6, 6.07) is 0. The molecule has 0 aromatic heterocycles. The van der Waals surface area contributed by atoms with Gasteiger partial charge in [0, 0.05) is 20.8 Å². The highest BCUT2D eigenvalue weighted by atomic mass is 16.5. The van der Waals surface area contributed by atoms with E-state index in [2.05, 4.69) is 42.4 Å². The molecule has 0 amide bonds. The van der Waals surface area contributed by atoms with Crippen molar-refractivity contribution in [1.82, 2.24) is 5.32 Å². The first-order valence-corrected chi connectivity index (χ1v) is 10.2. The summed E-state index contributed by atoms with van der Waals surface area (Å²) in [7, 11) is 3.23. The maximum absolute atomic E-state index is 9.33. The van der Waals surface area contributed by atoms with Crippen molar-refractivity contribution in [3.05, 3.63) is 12.5 Å². The van der Waals surface area contributed by atoms with Gasteiger partial charge in [-0.15, -0.1) is 0 Å². The summed E-state index contributed by atoms with van der Waals surface area (Å²) in [6.07, 6.45) is 8.33. The normalized spacial score (nSPS) is 11.1. The fraction of sp³-hybridized carbons (Fsp3) is 0.864. The predicted octanol–water partition coefficient (Wildman–Crippen LogP) is 4.45. The second-order valence-electron chi connectivity index (χ2n) is 6.37. The van der Waals surface area contributed by atoms with Crippen molar-refractivity contribution in [2.45, 2.75) is 85.9 Å². The number of aliphatic hydroxyl groups excluding tert-OH is 1. The van der Waals surface area contributed by atoms with Crippen LogP contribution in [0.1, 0.15) is 73.6 Å². The molecule has 0 bridgehead atoms. The van der Waals surface area contributed by atoms with E-state index in [1.165, 1.54) is 25.3 Å². The van der Waals surface area contributed by atoms with Crippen LogP contribution in [0.5, 0.6) is 0 Å². The summed E-state index contributed by atoms with van der Waals surface area (Å²) >= 11 is 0. The SMILES string of the molecule is C.C=C(NCCOC)OC(C)CCCC.CCCCC(C)O.COCCN=C=O. The van der Waals surface area contributed by atoms with Crippen molar-refractivity contribution >= 4 is 6.08 Å². The van der Waals surface area contributed by atoms with Gasteiger partial charge in [0.1, 0.15) is 0 Å². The van der Waals surface area contributed by atoms with Gasteiger partial charge >= 0.3 is 0 Å². The standard InChI is InChI=1S/C11H23NO2.C6H14O.C4H7NO2.CH4/c1-5-6-7-10(2)14-11(3)12-8-9-13-4;1-3-4-5-6(2)7;1-7-3-2-5-4-6;/h10,12H,3,5-9H2,1-2,4H3;6-7H,3-5H2,1-2H3;2-3H2,1H3;1H4. The first kappa shape index (κ1) is 35.1. The minimum absolute atomic E-state index is 0. The van der Waals surface area contributed by atoms with E-state index in [-0.39, 0.29) is 19.6 Å². The molecule has 0 aliphatic rings. The van der Waals surface area contributed by atoms with Gasteiger partial charge < -0.3 is 24.6 Å². The minimum Gasteiger partial charge on any atom is -0.477 e. The van der Waals surface area contributed by atoms with Gasteiger partial charge in [-0.1, -0.05) is 47.0 Å². The van der Waals surface area contributed by atoms with Gasteiger partial charge in [0.2, 0.25) is 6.08 Å². The van der Waals surface area contributed by atoms with Crippen molar-refractivity contribution < 1.29 is 24.1 Å². The molecule has 0 aliphatic carbocycles. The van der Waals surface area contributed by atoms with Crippen molar-refractivity contribution in [3.63, 3.8) is 0 Å². The summed E-state index contributed by atoms with van der Waals surface area (Å²) in [6.45, 7) is 14.3. The number of aliphatic hydroxyl groups is 1. The number of hydrogen-bond donors (Lipinski definition) is 2. The van der Waals surface area contributed by atoms with Gasteiger partial charge in [0.05, 0.1) is 32.0 Å². The lowest BCUT2D eigenvalue weighted by molar-refractivity contribution is 0.103. The molecule has 7 heteroatoms. The van der Waals surface area contributed by atoms with Crippen molar-refractivity contribution in [2.75, 3.05) is 40.5 Å². The van der Waals surface area contributed by atoms with Gasteiger partial charge in [0.15, 0.2) is 5.88 Å². The van der Waals surface area contributed by atoms with E-state index >= 15 is 0 Å². The third-order valence-corrected chi connectivity index (χ3v) is 3.38.